The quantitative estimate of drug-likeness (QED) is 0.600. The molecule has 0 radical (unpaired) electrons. The van der Waals surface area contributed by atoms with Gasteiger partial charge in [0, 0.05) is 21.8 Å². The van der Waals surface area contributed by atoms with Gasteiger partial charge in [-0.2, -0.15) is 0 Å². The van der Waals surface area contributed by atoms with Crippen molar-refractivity contribution in [2.45, 2.75) is 51.0 Å². The maximum absolute atomic E-state index is 12.2. The van der Waals surface area contributed by atoms with Gasteiger partial charge in [0.25, 0.3) is 0 Å². The number of benzene rings is 2. The van der Waals surface area contributed by atoms with Crippen LogP contribution in [0.4, 0.5) is 0 Å². The molecule has 4 nitrogen and oxygen atoms in total. The van der Waals surface area contributed by atoms with E-state index in [1.165, 1.54) is 21.9 Å². The molecule has 1 aromatic heterocycles. The van der Waals surface area contributed by atoms with E-state index in [9.17, 15) is 15.0 Å². The molecule has 140 valence electrons. The molecule has 5 rings (SSSR count). The van der Waals surface area contributed by atoms with Crippen molar-refractivity contribution in [1.29, 1.82) is 0 Å². The Hall–Kier alpha value is -2.33. The van der Waals surface area contributed by atoms with Crippen LogP contribution >= 0.6 is 0 Å². The largest absolute Gasteiger partial charge is 0.481 e. The van der Waals surface area contributed by atoms with E-state index in [1.807, 2.05) is 6.07 Å². The van der Waals surface area contributed by atoms with E-state index in [1.54, 1.807) is 6.92 Å². The number of aliphatic carboxylic acids is 1. The summed E-state index contributed by atoms with van der Waals surface area (Å²) in [6, 6.07) is 12.9. The molecule has 0 aliphatic heterocycles. The van der Waals surface area contributed by atoms with E-state index < -0.39 is 17.5 Å². The Morgan fingerprint density at radius 3 is 2.67 bits per heavy atom. The van der Waals surface area contributed by atoms with Crippen molar-refractivity contribution in [2.24, 2.45) is 11.3 Å². The van der Waals surface area contributed by atoms with E-state index in [0.29, 0.717) is 6.42 Å². The number of para-hydroxylation sites is 1. The molecule has 0 saturated heterocycles. The number of aromatic nitrogens is 1. The van der Waals surface area contributed by atoms with Crippen molar-refractivity contribution in [1.82, 2.24) is 4.98 Å². The van der Waals surface area contributed by atoms with Crippen molar-refractivity contribution in [3.63, 3.8) is 0 Å². The van der Waals surface area contributed by atoms with Crippen LogP contribution in [0.1, 0.15) is 44.2 Å². The number of hydrogen-bond donors (Lipinski definition) is 3. The second-order valence-electron chi connectivity index (χ2n) is 8.88. The summed E-state index contributed by atoms with van der Waals surface area (Å²) in [7, 11) is 0. The van der Waals surface area contributed by atoms with E-state index >= 15 is 0 Å². The van der Waals surface area contributed by atoms with Crippen molar-refractivity contribution in [3.8, 4) is 0 Å². The summed E-state index contributed by atoms with van der Waals surface area (Å²) >= 11 is 0. The lowest BCUT2D eigenvalue weighted by Gasteiger charge is -2.55. The third-order valence-corrected chi connectivity index (χ3v) is 7.63. The second kappa shape index (κ2) is 5.35. The van der Waals surface area contributed by atoms with E-state index in [-0.39, 0.29) is 11.3 Å². The third kappa shape index (κ3) is 2.05. The van der Waals surface area contributed by atoms with Gasteiger partial charge in [-0.25, -0.2) is 0 Å². The molecule has 4 atom stereocenters. The number of carboxylic acids is 1. The van der Waals surface area contributed by atoms with Crippen molar-refractivity contribution in [3.05, 3.63) is 47.5 Å². The second-order valence-corrected chi connectivity index (χ2v) is 8.88. The fourth-order valence-electron chi connectivity index (χ4n) is 6.02. The van der Waals surface area contributed by atoms with Crippen LogP contribution in [0.5, 0.6) is 0 Å². The van der Waals surface area contributed by atoms with E-state index in [0.717, 1.165) is 30.3 Å². The minimum Gasteiger partial charge on any atom is -0.481 e. The predicted octanol–water partition coefficient (Wildman–Crippen LogP) is 4.39. The molecule has 3 aromatic rings. The lowest BCUT2D eigenvalue weighted by molar-refractivity contribution is -0.171. The van der Waals surface area contributed by atoms with Crippen LogP contribution in [0.25, 0.3) is 21.8 Å². The molecule has 1 saturated carbocycles. The molecular formula is C23H25NO3. The molecule has 0 spiro atoms. The van der Waals surface area contributed by atoms with Gasteiger partial charge in [0.2, 0.25) is 0 Å². The first-order chi connectivity index (χ1) is 12.9. The van der Waals surface area contributed by atoms with Gasteiger partial charge in [-0.15, -0.1) is 0 Å². The Morgan fingerprint density at radius 2 is 1.89 bits per heavy atom. The first-order valence-electron chi connectivity index (χ1n) is 9.81. The summed E-state index contributed by atoms with van der Waals surface area (Å²) in [5, 5.41) is 23.0. The molecule has 1 fully saturated rings. The number of aromatic amines is 1. The first kappa shape index (κ1) is 16.8. The highest BCUT2D eigenvalue weighted by Gasteiger charge is 2.59. The number of aliphatic hydroxyl groups is 1. The number of nitrogens with one attached hydrogen (secondary N) is 1. The molecule has 1 heterocycles. The number of rotatable bonds is 1. The smallest absolute Gasteiger partial charge is 0.312 e. The summed E-state index contributed by atoms with van der Waals surface area (Å²) in [5.74, 6) is -0.941. The topological polar surface area (TPSA) is 73.3 Å². The SMILES string of the molecule is C[C@]1(C(=O)O)[C@@H](O)CC[C@@]2(C)c3cc4c(cc3CC[C@@H]12)[nH]c1ccccc14. The molecule has 4 heteroatoms. The van der Waals surface area contributed by atoms with Crippen LogP contribution in [-0.2, 0) is 16.6 Å². The summed E-state index contributed by atoms with van der Waals surface area (Å²) in [5.41, 5.74) is 3.54. The Labute approximate surface area is 158 Å². The minimum absolute atomic E-state index is 0.0681. The van der Waals surface area contributed by atoms with Crippen LogP contribution in [-0.4, -0.2) is 27.3 Å². The summed E-state index contributed by atoms with van der Waals surface area (Å²) < 4.78 is 0. The number of carboxylic acid groups (broad SMARTS) is 1. The number of aliphatic hydroxyl groups excluding tert-OH is 1. The molecule has 3 N–H and O–H groups in total. The highest BCUT2D eigenvalue weighted by Crippen LogP contribution is 2.57. The fraction of sp³-hybridized carbons (Fsp3) is 0.435. The van der Waals surface area contributed by atoms with Crippen molar-refractivity contribution >= 4 is 27.8 Å². The average Bonchev–Trinajstić information content (AvgIpc) is 3.01. The zero-order valence-electron chi connectivity index (χ0n) is 15.7. The molecule has 0 unspecified atom stereocenters. The standard InChI is InChI=1S/C23H25NO3/c1-22-10-9-20(25)23(2,21(26)27)19(22)8-7-13-11-18-15(12-16(13)22)14-5-3-4-6-17(14)24-18/h3-6,11-12,19-20,24-25H,7-10H2,1-2H3,(H,26,27)/t19-,20+,22+,23-/m1/s1. The Balaban J connectivity index is 1.75. The number of H-pyrrole nitrogens is 1. The highest BCUT2D eigenvalue weighted by molar-refractivity contribution is 6.07. The van der Waals surface area contributed by atoms with Crippen LogP contribution < -0.4 is 0 Å². The molecule has 0 bridgehead atoms. The molecular weight excluding hydrogens is 338 g/mol. The van der Waals surface area contributed by atoms with Gasteiger partial charge in [0.1, 0.15) is 0 Å². The molecule has 2 aromatic carbocycles. The Bertz CT molecular complexity index is 1080. The van der Waals surface area contributed by atoms with E-state index in [4.69, 9.17) is 0 Å². The molecule has 27 heavy (non-hydrogen) atoms. The minimum atomic E-state index is -1.10. The molecule has 0 amide bonds. The molecule has 2 aliphatic rings. The lowest BCUT2D eigenvalue weighted by Crippen LogP contribution is -2.58. The zero-order valence-corrected chi connectivity index (χ0v) is 15.7. The first-order valence-corrected chi connectivity index (χ1v) is 9.81. The van der Waals surface area contributed by atoms with Crippen LogP contribution in [0, 0.1) is 11.3 Å². The van der Waals surface area contributed by atoms with Gasteiger partial charge in [-0.1, -0.05) is 25.1 Å². The third-order valence-electron chi connectivity index (χ3n) is 7.63. The maximum Gasteiger partial charge on any atom is 0.312 e. The summed E-state index contributed by atoms with van der Waals surface area (Å²) in [6.07, 6.45) is 2.22. The zero-order chi connectivity index (χ0) is 19.0. The highest BCUT2D eigenvalue weighted by atomic mass is 16.4. The summed E-state index contributed by atoms with van der Waals surface area (Å²) in [6.45, 7) is 3.96. The normalized spacial score (nSPS) is 33.0. The van der Waals surface area contributed by atoms with Crippen LogP contribution in [0.3, 0.4) is 0 Å². The monoisotopic (exact) mass is 363 g/mol. The summed E-state index contributed by atoms with van der Waals surface area (Å²) in [4.78, 5) is 15.7. The fourth-order valence-corrected chi connectivity index (χ4v) is 6.02. The van der Waals surface area contributed by atoms with Gasteiger partial charge < -0.3 is 15.2 Å². The van der Waals surface area contributed by atoms with Gasteiger partial charge in [0.15, 0.2) is 0 Å². The maximum atomic E-state index is 12.2. The van der Waals surface area contributed by atoms with Crippen LogP contribution in [0.2, 0.25) is 0 Å². The molecule has 2 aliphatic carbocycles. The van der Waals surface area contributed by atoms with Crippen molar-refractivity contribution < 1.29 is 15.0 Å². The average molecular weight is 363 g/mol. The van der Waals surface area contributed by atoms with E-state index in [2.05, 4.69) is 42.2 Å². The number of carbonyl (C=O) groups is 1. The van der Waals surface area contributed by atoms with Crippen molar-refractivity contribution in [2.75, 3.05) is 0 Å². The number of aryl methyl sites for hydroxylation is 1. The van der Waals surface area contributed by atoms with Gasteiger partial charge in [-0.05, 0) is 73.3 Å². The number of hydrogen-bond acceptors (Lipinski definition) is 2. The van der Waals surface area contributed by atoms with Gasteiger partial charge in [0.05, 0.1) is 11.5 Å². The Kier molecular flexibility index (Phi) is 3.33. The van der Waals surface area contributed by atoms with Gasteiger partial charge >= 0.3 is 5.97 Å². The number of fused-ring (bicyclic) bond motifs is 6. The predicted molar refractivity (Wildman–Crippen MR) is 106 cm³/mol. The Morgan fingerprint density at radius 1 is 1.11 bits per heavy atom. The van der Waals surface area contributed by atoms with Gasteiger partial charge in [-0.3, -0.25) is 4.79 Å². The lowest BCUT2D eigenvalue weighted by atomic mass is 9.49. The van der Waals surface area contributed by atoms with Crippen LogP contribution in [0.15, 0.2) is 36.4 Å².